The van der Waals surface area contributed by atoms with Gasteiger partial charge < -0.3 is 14.8 Å². The van der Waals surface area contributed by atoms with Gasteiger partial charge in [0.1, 0.15) is 5.56 Å². The number of amides is 1. The number of ether oxygens (including phenoxy) is 2. The zero-order chi connectivity index (χ0) is 16.8. The number of nitrogens with zero attached hydrogens (tertiary/aromatic N) is 2. The first-order valence-electron chi connectivity index (χ1n) is 8.07. The fraction of sp³-hybridized carbons (Fsp3) is 0.389. The maximum absolute atomic E-state index is 12.8. The molecule has 1 atom stereocenters. The minimum absolute atomic E-state index is 0.111. The van der Waals surface area contributed by atoms with Gasteiger partial charge in [-0.25, -0.2) is 4.98 Å². The van der Waals surface area contributed by atoms with Crippen LogP contribution in [0.3, 0.4) is 0 Å². The first-order chi connectivity index (χ1) is 11.8. The van der Waals surface area contributed by atoms with E-state index in [2.05, 4.69) is 15.3 Å². The molecule has 2 aromatic rings. The van der Waals surface area contributed by atoms with Crippen LogP contribution in [0.15, 0.2) is 42.9 Å². The van der Waals surface area contributed by atoms with Crippen LogP contribution in [0.25, 0.3) is 0 Å². The summed E-state index contributed by atoms with van der Waals surface area (Å²) in [4.78, 5) is 21.1. The van der Waals surface area contributed by atoms with Crippen LogP contribution in [0.5, 0.6) is 5.88 Å². The highest BCUT2D eigenvalue weighted by Crippen LogP contribution is 2.30. The molecule has 3 heterocycles. The highest BCUT2D eigenvalue weighted by molar-refractivity contribution is 5.96. The van der Waals surface area contributed by atoms with Gasteiger partial charge in [-0.05, 0) is 42.5 Å². The Bertz CT molecular complexity index is 672. The molecule has 1 saturated heterocycles. The van der Waals surface area contributed by atoms with Crippen molar-refractivity contribution in [2.45, 2.75) is 18.9 Å². The minimum atomic E-state index is -0.194. The van der Waals surface area contributed by atoms with Gasteiger partial charge in [0.15, 0.2) is 0 Å². The number of aromatic nitrogens is 2. The molecule has 0 aromatic carbocycles. The van der Waals surface area contributed by atoms with Gasteiger partial charge in [0.2, 0.25) is 5.88 Å². The van der Waals surface area contributed by atoms with Gasteiger partial charge in [0.05, 0.1) is 13.2 Å². The third kappa shape index (κ3) is 3.71. The molecule has 24 heavy (non-hydrogen) atoms. The topological polar surface area (TPSA) is 73.3 Å². The predicted molar refractivity (Wildman–Crippen MR) is 88.8 cm³/mol. The second kappa shape index (κ2) is 7.88. The number of nitrogens with one attached hydrogen (secondary N) is 1. The summed E-state index contributed by atoms with van der Waals surface area (Å²) in [6.07, 6.45) is 6.96. The zero-order valence-corrected chi connectivity index (χ0v) is 13.6. The third-order valence-electron chi connectivity index (χ3n) is 4.28. The Hall–Kier alpha value is -2.47. The molecule has 0 saturated carbocycles. The van der Waals surface area contributed by atoms with Gasteiger partial charge in [0.25, 0.3) is 5.91 Å². The van der Waals surface area contributed by atoms with Crippen molar-refractivity contribution in [2.24, 2.45) is 5.92 Å². The lowest BCUT2D eigenvalue weighted by Gasteiger charge is -2.31. The van der Waals surface area contributed by atoms with E-state index in [1.54, 1.807) is 30.7 Å². The summed E-state index contributed by atoms with van der Waals surface area (Å²) in [6, 6.07) is 7.21. The van der Waals surface area contributed by atoms with Crippen LogP contribution in [0.1, 0.15) is 34.8 Å². The van der Waals surface area contributed by atoms with Crippen LogP contribution in [0.2, 0.25) is 0 Å². The minimum Gasteiger partial charge on any atom is -0.480 e. The van der Waals surface area contributed by atoms with E-state index >= 15 is 0 Å². The van der Waals surface area contributed by atoms with Gasteiger partial charge >= 0.3 is 0 Å². The summed E-state index contributed by atoms with van der Waals surface area (Å²) in [6.45, 7) is 1.43. The Morgan fingerprint density at radius 1 is 1.29 bits per heavy atom. The van der Waals surface area contributed by atoms with E-state index < -0.39 is 0 Å². The average Bonchev–Trinajstić information content (AvgIpc) is 2.67. The lowest BCUT2D eigenvalue weighted by molar-refractivity contribution is 0.0513. The third-order valence-corrected chi connectivity index (χ3v) is 4.28. The Labute approximate surface area is 141 Å². The van der Waals surface area contributed by atoms with E-state index in [1.807, 2.05) is 12.1 Å². The molecule has 0 aliphatic carbocycles. The summed E-state index contributed by atoms with van der Waals surface area (Å²) in [5.41, 5.74) is 1.43. The molecule has 6 nitrogen and oxygen atoms in total. The molecule has 0 radical (unpaired) electrons. The lowest BCUT2D eigenvalue weighted by Crippen LogP contribution is -2.36. The second-order valence-electron chi connectivity index (χ2n) is 5.75. The summed E-state index contributed by atoms with van der Waals surface area (Å²) in [5.74, 6) is 0.446. The molecule has 126 valence electrons. The van der Waals surface area contributed by atoms with Gasteiger partial charge in [0, 0.05) is 31.8 Å². The fourth-order valence-corrected chi connectivity index (χ4v) is 3.03. The largest absolute Gasteiger partial charge is 0.480 e. The predicted octanol–water partition coefficient (Wildman–Crippen LogP) is 2.38. The number of pyridine rings is 2. The lowest BCUT2D eigenvalue weighted by atomic mass is 9.87. The summed E-state index contributed by atoms with van der Waals surface area (Å²) in [5, 5.41) is 3.14. The molecule has 6 heteroatoms. The number of carbonyl (C=O) groups excluding carboxylic acids is 1. The molecule has 0 bridgehead atoms. The maximum Gasteiger partial charge on any atom is 0.257 e. The molecule has 2 aromatic heterocycles. The molecular formula is C18H21N3O3. The average molecular weight is 327 g/mol. The van der Waals surface area contributed by atoms with E-state index in [9.17, 15) is 4.79 Å². The quantitative estimate of drug-likeness (QED) is 0.913. The number of hydrogen-bond acceptors (Lipinski definition) is 5. The molecule has 3 rings (SSSR count). The van der Waals surface area contributed by atoms with Crippen LogP contribution in [-0.2, 0) is 4.74 Å². The van der Waals surface area contributed by atoms with Crippen LogP contribution in [-0.4, -0.2) is 36.2 Å². The Balaban J connectivity index is 1.84. The van der Waals surface area contributed by atoms with Crippen molar-refractivity contribution in [3.63, 3.8) is 0 Å². The van der Waals surface area contributed by atoms with E-state index in [4.69, 9.17) is 9.47 Å². The molecule has 1 fully saturated rings. The van der Waals surface area contributed by atoms with Crippen molar-refractivity contribution in [2.75, 3.05) is 20.3 Å². The maximum atomic E-state index is 12.8. The van der Waals surface area contributed by atoms with Crippen molar-refractivity contribution in [3.8, 4) is 5.88 Å². The highest BCUT2D eigenvalue weighted by Gasteiger charge is 2.28. The van der Waals surface area contributed by atoms with Gasteiger partial charge in [-0.2, -0.15) is 0 Å². The molecule has 0 spiro atoms. The summed E-state index contributed by atoms with van der Waals surface area (Å²) >= 11 is 0. The van der Waals surface area contributed by atoms with Gasteiger partial charge in [-0.1, -0.05) is 6.07 Å². The Morgan fingerprint density at radius 3 is 2.79 bits per heavy atom. The van der Waals surface area contributed by atoms with Crippen molar-refractivity contribution in [3.05, 3.63) is 54.0 Å². The first-order valence-corrected chi connectivity index (χ1v) is 8.07. The van der Waals surface area contributed by atoms with Crippen molar-refractivity contribution >= 4 is 5.91 Å². The zero-order valence-electron chi connectivity index (χ0n) is 13.6. The molecule has 1 aliphatic heterocycles. The second-order valence-corrected chi connectivity index (χ2v) is 5.75. The van der Waals surface area contributed by atoms with Crippen molar-refractivity contribution in [1.29, 1.82) is 0 Å². The number of hydrogen-bond donors (Lipinski definition) is 1. The summed E-state index contributed by atoms with van der Waals surface area (Å²) < 4.78 is 10.6. The van der Waals surface area contributed by atoms with Crippen LogP contribution in [0.4, 0.5) is 0 Å². The van der Waals surface area contributed by atoms with E-state index in [0.717, 1.165) is 18.4 Å². The smallest absolute Gasteiger partial charge is 0.257 e. The molecule has 1 amide bonds. The van der Waals surface area contributed by atoms with E-state index in [-0.39, 0.29) is 11.9 Å². The fourth-order valence-electron chi connectivity index (χ4n) is 3.03. The van der Waals surface area contributed by atoms with Crippen molar-refractivity contribution < 1.29 is 14.3 Å². The first kappa shape index (κ1) is 16.4. The Morgan fingerprint density at radius 2 is 2.08 bits per heavy atom. The molecular weight excluding hydrogens is 306 g/mol. The van der Waals surface area contributed by atoms with Crippen LogP contribution < -0.4 is 10.1 Å². The number of rotatable bonds is 5. The summed E-state index contributed by atoms with van der Waals surface area (Å²) in [7, 11) is 1.51. The highest BCUT2D eigenvalue weighted by atomic mass is 16.5. The monoisotopic (exact) mass is 327 g/mol. The number of methoxy groups -OCH3 is 1. The van der Waals surface area contributed by atoms with Gasteiger partial charge in [-0.3, -0.25) is 9.78 Å². The molecule has 1 N–H and O–H groups in total. The van der Waals surface area contributed by atoms with Crippen LogP contribution >= 0.6 is 0 Å². The molecule has 1 aliphatic rings. The standard InChI is InChI=1S/C18H21N3O3/c1-23-18-15(5-3-9-20-18)17(22)21-16(13-6-10-24-11-7-13)14-4-2-8-19-12-14/h2-5,8-9,12-13,16H,6-7,10-11H2,1H3,(H,21,22). The van der Waals surface area contributed by atoms with E-state index in [1.165, 1.54) is 7.11 Å². The Kier molecular flexibility index (Phi) is 5.38. The normalized spacial score (nSPS) is 16.4. The SMILES string of the molecule is COc1ncccc1C(=O)NC(c1cccnc1)C1CCOCC1. The van der Waals surface area contributed by atoms with Crippen LogP contribution in [0, 0.1) is 5.92 Å². The number of carbonyl (C=O) groups is 1. The van der Waals surface area contributed by atoms with Crippen molar-refractivity contribution in [1.82, 2.24) is 15.3 Å². The van der Waals surface area contributed by atoms with E-state index in [0.29, 0.717) is 30.6 Å². The van der Waals surface area contributed by atoms with Gasteiger partial charge in [-0.15, -0.1) is 0 Å². The molecule has 1 unspecified atom stereocenters.